The lowest BCUT2D eigenvalue weighted by atomic mass is 9.72. The smallest absolute Gasteiger partial charge is 0.144 e. The van der Waals surface area contributed by atoms with Crippen LogP contribution in [-0.4, -0.2) is 11.5 Å². The first-order chi connectivity index (χ1) is 15.8. The number of hydrogen-bond donors (Lipinski definition) is 1. The van der Waals surface area contributed by atoms with Gasteiger partial charge in [0.1, 0.15) is 11.6 Å². The van der Waals surface area contributed by atoms with Crippen molar-refractivity contribution in [2.75, 3.05) is 5.32 Å². The van der Waals surface area contributed by atoms with Gasteiger partial charge < -0.3 is 5.32 Å². The Balaban J connectivity index is 1.53. The molecule has 0 aromatic heterocycles. The third kappa shape index (κ3) is 4.22. The van der Waals surface area contributed by atoms with Crippen LogP contribution in [0.5, 0.6) is 0 Å². The summed E-state index contributed by atoms with van der Waals surface area (Å²) in [5, 5.41) is 3.55. The van der Waals surface area contributed by atoms with Gasteiger partial charge in [0.2, 0.25) is 0 Å². The van der Waals surface area contributed by atoms with Crippen molar-refractivity contribution >= 4 is 22.9 Å². The number of Topliss-reactive ketones (excluding diaryl/α,β-unsaturated/α-hetero) is 1. The van der Waals surface area contributed by atoms with E-state index in [0.29, 0.717) is 6.42 Å². The summed E-state index contributed by atoms with van der Waals surface area (Å²) in [7, 11) is 0. The van der Waals surface area contributed by atoms with E-state index in [2.05, 4.69) is 50.4 Å². The maximum Gasteiger partial charge on any atom is 0.144 e. The summed E-state index contributed by atoms with van der Waals surface area (Å²) in [6.07, 6.45) is 1.22. The number of benzene rings is 3. The summed E-state index contributed by atoms with van der Waals surface area (Å²) in [4.78, 5) is 18.6. The summed E-state index contributed by atoms with van der Waals surface area (Å²) in [6.45, 7) is 6.62. The van der Waals surface area contributed by atoms with E-state index < -0.39 is 0 Å². The van der Waals surface area contributed by atoms with Crippen molar-refractivity contribution < 1.29 is 9.18 Å². The predicted octanol–water partition coefficient (Wildman–Crippen LogP) is 7.13. The van der Waals surface area contributed by atoms with Crippen molar-refractivity contribution in [3.05, 3.63) is 95.3 Å². The molecule has 3 aromatic rings. The highest BCUT2D eigenvalue weighted by Crippen LogP contribution is 2.44. The summed E-state index contributed by atoms with van der Waals surface area (Å²) < 4.78 is 13.6. The van der Waals surface area contributed by atoms with Gasteiger partial charge in [0.25, 0.3) is 0 Å². The van der Waals surface area contributed by atoms with E-state index in [1.165, 1.54) is 23.3 Å². The fourth-order valence-electron chi connectivity index (χ4n) is 5.04. The Morgan fingerprint density at radius 3 is 2.24 bits per heavy atom. The molecule has 1 fully saturated rings. The molecule has 1 aliphatic heterocycles. The molecule has 3 unspecified atom stereocenters. The Kier molecular flexibility index (Phi) is 5.40. The topological polar surface area (TPSA) is 41.5 Å². The Morgan fingerprint density at radius 2 is 1.55 bits per heavy atom. The zero-order valence-corrected chi connectivity index (χ0v) is 19.3. The van der Waals surface area contributed by atoms with Crippen LogP contribution in [-0.2, 0) is 10.2 Å². The number of ketones is 1. The lowest BCUT2D eigenvalue weighted by Gasteiger charge is -2.34. The number of carbonyl (C=O) groups is 1. The Morgan fingerprint density at radius 1 is 0.879 bits per heavy atom. The predicted molar refractivity (Wildman–Crippen MR) is 132 cm³/mol. The lowest BCUT2D eigenvalue weighted by molar-refractivity contribution is -0.122. The zero-order chi connectivity index (χ0) is 23.2. The van der Waals surface area contributed by atoms with Gasteiger partial charge in [0.05, 0.1) is 23.3 Å². The summed E-state index contributed by atoms with van der Waals surface area (Å²) in [5.41, 5.74) is 6.10. The molecule has 168 valence electrons. The number of nitrogens with zero attached hydrogens (tertiary/aromatic N) is 1. The summed E-state index contributed by atoms with van der Waals surface area (Å²) in [6, 6.07) is 22.8. The van der Waals surface area contributed by atoms with E-state index in [9.17, 15) is 9.18 Å². The molecule has 3 nitrogen and oxygen atoms in total. The molecule has 0 spiro atoms. The summed E-state index contributed by atoms with van der Waals surface area (Å²) >= 11 is 0. The highest BCUT2D eigenvalue weighted by molar-refractivity contribution is 6.10. The molecule has 0 bridgehead atoms. The zero-order valence-electron chi connectivity index (χ0n) is 19.3. The number of hydrogen-bond acceptors (Lipinski definition) is 3. The number of anilines is 1. The van der Waals surface area contributed by atoms with Crippen molar-refractivity contribution in [3.63, 3.8) is 0 Å². The van der Waals surface area contributed by atoms with E-state index in [0.717, 1.165) is 29.1 Å². The van der Waals surface area contributed by atoms with Gasteiger partial charge in [-0.15, -0.1) is 0 Å². The van der Waals surface area contributed by atoms with Crippen LogP contribution in [0, 0.1) is 11.7 Å². The third-order valence-corrected chi connectivity index (χ3v) is 6.90. The fourth-order valence-corrected chi connectivity index (χ4v) is 5.04. The molecule has 1 aliphatic carbocycles. The summed E-state index contributed by atoms with van der Waals surface area (Å²) in [5.74, 6) is -0.358. The van der Waals surface area contributed by atoms with Gasteiger partial charge in [-0.2, -0.15) is 0 Å². The number of rotatable bonds is 2. The third-order valence-electron chi connectivity index (χ3n) is 6.90. The van der Waals surface area contributed by atoms with Crippen LogP contribution in [0.15, 0.2) is 77.8 Å². The highest BCUT2D eigenvalue weighted by Gasteiger charge is 2.41. The minimum atomic E-state index is -0.368. The van der Waals surface area contributed by atoms with Gasteiger partial charge in [0.15, 0.2) is 0 Å². The Hall–Kier alpha value is -3.27. The molecule has 1 heterocycles. The molecule has 0 saturated heterocycles. The van der Waals surface area contributed by atoms with Gasteiger partial charge in [0, 0.05) is 12.1 Å². The van der Waals surface area contributed by atoms with Gasteiger partial charge in [-0.1, -0.05) is 69.3 Å². The molecular weight excluding hydrogens is 411 g/mol. The number of nitrogens with one attached hydrogen (secondary N) is 1. The van der Waals surface area contributed by atoms with Gasteiger partial charge in [-0.25, -0.2) is 4.39 Å². The maximum atomic E-state index is 13.6. The van der Waals surface area contributed by atoms with Crippen molar-refractivity contribution in [3.8, 4) is 0 Å². The van der Waals surface area contributed by atoms with Crippen LogP contribution in [0.1, 0.15) is 62.3 Å². The monoisotopic (exact) mass is 440 g/mol. The quantitative estimate of drug-likeness (QED) is 0.461. The van der Waals surface area contributed by atoms with Crippen molar-refractivity contribution in [2.24, 2.45) is 10.9 Å². The van der Waals surface area contributed by atoms with Crippen molar-refractivity contribution in [2.45, 2.75) is 51.0 Å². The van der Waals surface area contributed by atoms with Gasteiger partial charge in [-0.3, -0.25) is 9.79 Å². The largest absolute Gasteiger partial charge is 0.375 e. The Bertz CT molecular complexity index is 1210. The number of para-hydroxylation sites is 2. The Labute approximate surface area is 194 Å². The average molecular weight is 441 g/mol. The lowest BCUT2D eigenvalue weighted by Crippen LogP contribution is -2.38. The van der Waals surface area contributed by atoms with Gasteiger partial charge >= 0.3 is 0 Å². The molecule has 4 heteroatoms. The van der Waals surface area contributed by atoms with Gasteiger partial charge in [-0.05, 0) is 58.7 Å². The van der Waals surface area contributed by atoms with E-state index in [1.807, 2.05) is 24.3 Å². The van der Waals surface area contributed by atoms with Crippen LogP contribution in [0.2, 0.25) is 0 Å². The van der Waals surface area contributed by atoms with E-state index in [4.69, 9.17) is 4.99 Å². The fraction of sp³-hybridized carbons (Fsp3) is 0.310. The molecule has 3 aromatic carbocycles. The highest BCUT2D eigenvalue weighted by atomic mass is 19.1. The number of halogens is 1. The van der Waals surface area contributed by atoms with E-state index in [1.54, 1.807) is 12.1 Å². The molecule has 0 radical (unpaired) electrons. The molecular formula is C29H29FN2O. The maximum absolute atomic E-state index is 13.6. The normalized spacial score (nSPS) is 22.5. The molecule has 5 rings (SSSR count). The van der Waals surface area contributed by atoms with Crippen LogP contribution < -0.4 is 5.32 Å². The van der Waals surface area contributed by atoms with E-state index >= 15 is 0 Å². The minimum absolute atomic E-state index is 0.0924. The first-order valence-corrected chi connectivity index (χ1v) is 11.6. The second kappa shape index (κ2) is 8.26. The molecule has 2 aliphatic rings. The van der Waals surface area contributed by atoms with Crippen LogP contribution in [0.4, 0.5) is 15.8 Å². The van der Waals surface area contributed by atoms with Crippen molar-refractivity contribution in [1.82, 2.24) is 0 Å². The first-order valence-electron chi connectivity index (χ1n) is 11.6. The number of aliphatic imine (C=N–C) groups is 1. The molecule has 33 heavy (non-hydrogen) atoms. The SMILES string of the molecule is CC(C)(C)c1ccc(C2CC(=O)C3C(=Nc4ccccc4NC3c3ccc(F)cc3)C2)cc1. The average Bonchev–Trinajstić information content (AvgIpc) is 2.96. The second-order valence-electron chi connectivity index (χ2n) is 10.2. The first kappa shape index (κ1) is 21.6. The molecule has 3 atom stereocenters. The number of fused-ring (bicyclic) bond motifs is 2. The van der Waals surface area contributed by atoms with Crippen LogP contribution in [0.25, 0.3) is 0 Å². The standard InChI is InChI=1S/C29H29FN2O/c1-29(2,3)21-12-8-18(9-13-21)20-16-25-27(26(33)17-20)28(19-10-14-22(30)15-11-19)32-24-7-5-4-6-23(24)31-25/h4-15,20,27-28,32H,16-17H2,1-3H3. The second-order valence-corrected chi connectivity index (χ2v) is 10.2. The molecule has 1 saturated carbocycles. The minimum Gasteiger partial charge on any atom is -0.375 e. The van der Waals surface area contributed by atoms with E-state index in [-0.39, 0.29) is 34.9 Å². The molecule has 0 amide bonds. The molecule has 1 N–H and O–H groups in total. The number of carbonyl (C=O) groups excluding carboxylic acids is 1. The van der Waals surface area contributed by atoms with Crippen LogP contribution in [0.3, 0.4) is 0 Å². The van der Waals surface area contributed by atoms with Crippen LogP contribution >= 0.6 is 0 Å². The van der Waals surface area contributed by atoms with Crippen molar-refractivity contribution in [1.29, 1.82) is 0 Å².